The molecule has 122 valence electrons. The lowest BCUT2D eigenvalue weighted by Crippen LogP contribution is -2.27. The molecular formula is C15H17F4NO2. The van der Waals surface area contributed by atoms with Crippen molar-refractivity contribution in [1.82, 2.24) is 5.32 Å². The van der Waals surface area contributed by atoms with Crippen LogP contribution in [0.25, 0.3) is 0 Å². The molecular weight excluding hydrogens is 302 g/mol. The van der Waals surface area contributed by atoms with Gasteiger partial charge in [-0.05, 0) is 49.9 Å². The van der Waals surface area contributed by atoms with Crippen molar-refractivity contribution >= 4 is 5.78 Å². The Morgan fingerprint density at radius 2 is 2.09 bits per heavy atom. The van der Waals surface area contributed by atoms with Gasteiger partial charge in [0.2, 0.25) is 0 Å². The van der Waals surface area contributed by atoms with E-state index >= 15 is 0 Å². The number of benzene rings is 1. The Kier molecular flexibility index (Phi) is 5.05. The summed E-state index contributed by atoms with van der Waals surface area (Å²) < 4.78 is 53.6. The quantitative estimate of drug-likeness (QED) is 0.783. The lowest BCUT2D eigenvalue weighted by atomic mass is 9.95. The lowest BCUT2D eigenvalue weighted by Gasteiger charge is -2.17. The Hall–Kier alpha value is -1.63. The van der Waals surface area contributed by atoms with E-state index in [1.165, 1.54) is 13.0 Å². The average molecular weight is 319 g/mol. The van der Waals surface area contributed by atoms with Crippen LogP contribution in [0, 0.1) is 11.7 Å². The average Bonchev–Trinajstić information content (AvgIpc) is 3.19. The molecule has 1 saturated carbocycles. The molecule has 7 heteroatoms. The number of ether oxygens (including phenoxy) is 1. The van der Waals surface area contributed by atoms with Crippen molar-refractivity contribution in [3.05, 3.63) is 29.6 Å². The third kappa shape index (κ3) is 4.98. The van der Waals surface area contributed by atoms with Gasteiger partial charge in [0.25, 0.3) is 0 Å². The molecule has 1 atom stereocenters. The van der Waals surface area contributed by atoms with Crippen LogP contribution in [-0.2, 0) is 4.79 Å². The molecule has 2 rings (SSSR count). The number of nitrogens with one attached hydrogen (secondary N) is 1. The summed E-state index contributed by atoms with van der Waals surface area (Å²) in [6.07, 6.45) is -2.63. The molecule has 0 heterocycles. The van der Waals surface area contributed by atoms with Gasteiger partial charge in [0.1, 0.15) is 5.78 Å². The van der Waals surface area contributed by atoms with E-state index in [4.69, 9.17) is 0 Å². The second kappa shape index (κ2) is 6.64. The maximum absolute atomic E-state index is 13.7. The van der Waals surface area contributed by atoms with E-state index < -0.39 is 23.8 Å². The Labute approximate surface area is 125 Å². The van der Waals surface area contributed by atoms with Gasteiger partial charge >= 0.3 is 6.36 Å². The zero-order valence-electron chi connectivity index (χ0n) is 12.0. The molecule has 1 aliphatic carbocycles. The number of hydrogen-bond donors (Lipinski definition) is 1. The predicted octanol–water partition coefficient (Wildman–Crippen LogP) is 3.40. The molecule has 0 amide bonds. The normalized spacial score (nSPS) is 16.4. The van der Waals surface area contributed by atoms with E-state index in [1.807, 2.05) is 0 Å². The summed E-state index contributed by atoms with van der Waals surface area (Å²) in [6.45, 7) is 2.51. The Balaban J connectivity index is 2.06. The van der Waals surface area contributed by atoms with E-state index in [1.54, 1.807) is 0 Å². The molecule has 1 fully saturated rings. The minimum absolute atomic E-state index is 0.174. The Morgan fingerprint density at radius 1 is 1.41 bits per heavy atom. The molecule has 1 aromatic rings. The van der Waals surface area contributed by atoms with Crippen LogP contribution in [0.3, 0.4) is 0 Å². The van der Waals surface area contributed by atoms with E-state index in [0.717, 1.165) is 31.5 Å². The number of carbonyl (C=O) groups excluding carboxylic acids is 1. The molecule has 1 aromatic carbocycles. The monoisotopic (exact) mass is 319 g/mol. The number of Topliss-reactive ketones (excluding diaryl/α,β-unsaturated/α-hetero) is 1. The predicted molar refractivity (Wildman–Crippen MR) is 72.1 cm³/mol. The first-order chi connectivity index (χ1) is 10.3. The van der Waals surface area contributed by atoms with Crippen molar-refractivity contribution in [1.29, 1.82) is 0 Å². The summed E-state index contributed by atoms with van der Waals surface area (Å²) in [5.74, 6) is -2.17. The van der Waals surface area contributed by atoms with Crippen LogP contribution in [0.2, 0.25) is 0 Å². The molecule has 0 aliphatic heterocycles. The summed E-state index contributed by atoms with van der Waals surface area (Å²) in [7, 11) is 0. The van der Waals surface area contributed by atoms with Gasteiger partial charge in [-0.2, -0.15) is 0 Å². The molecule has 22 heavy (non-hydrogen) atoms. The van der Waals surface area contributed by atoms with Gasteiger partial charge in [0.05, 0.1) is 5.92 Å². The standard InChI is InChI=1S/C15H17F4NO2/c1-9(21)12(8-20-7-10-2-3-10)11-4-5-14(13(16)6-11)22-15(17,18)19/h4-6,10,12,20H,2-3,7-8H2,1H3/t12-/m0/s1. The zero-order chi connectivity index (χ0) is 16.3. The maximum Gasteiger partial charge on any atom is 0.573 e. The second-order valence-corrected chi connectivity index (χ2v) is 5.50. The summed E-state index contributed by atoms with van der Waals surface area (Å²) in [4.78, 5) is 11.7. The first-order valence-electron chi connectivity index (χ1n) is 7.02. The van der Waals surface area contributed by atoms with Crippen LogP contribution >= 0.6 is 0 Å². The van der Waals surface area contributed by atoms with Crippen molar-refractivity contribution in [2.24, 2.45) is 5.92 Å². The van der Waals surface area contributed by atoms with Crippen molar-refractivity contribution in [2.45, 2.75) is 32.0 Å². The summed E-state index contributed by atoms with van der Waals surface area (Å²) >= 11 is 0. The van der Waals surface area contributed by atoms with Crippen LogP contribution in [-0.4, -0.2) is 25.2 Å². The fourth-order valence-electron chi connectivity index (χ4n) is 2.19. The molecule has 0 radical (unpaired) electrons. The minimum atomic E-state index is -4.95. The number of rotatable bonds is 7. The van der Waals surface area contributed by atoms with E-state index in [9.17, 15) is 22.4 Å². The van der Waals surface area contributed by atoms with E-state index in [-0.39, 0.29) is 5.78 Å². The highest BCUT2D eigenvalue weighted by Crippen LogP contribution is 2.29. The molecule has 3 nitrogen and oxygen atoms in total. The van der Waals surface area contributed by atoms with Gasteiger partial charge in [0.15, 0.2) is 11.6 Å². The molecule has 0 aromatic heterocycles. The summed E-state index contributed by atoms with van der Waals surface area (Å²) in [6, 6.07) is 3.11. The fourth-order valence-corrected chi connectivity index (χ4v) is 2.19. The minimum Gasteiger partial charge on any atom is -0.403 e. The summed E-state index contributed by atoms with van der Waals surface area (Å²) in [5, 5.41) is 3.15. The van der Waals surface area contributed by atoms with E-state index in [0.29, 0.717) is 18.0 Å². The van der Waals surface area contributed by atoms with Crippen molar-refractivity contribution in [2.75, 3.05) is 13.1 Å². The van der Waals surface area contributed by atoms with Gasteiger partial charge in [-0.25, -0.2) is 4.39 Å². The molecule has 1 aliphatic rings. The number of alkyl halides is 3. The van der Waals surface area contributed by atoms with Crippen LogP contribution in [0.15, 0.2) is 18.2 Å². The highest BCUT2D eigenvalue weighted by Gasteiger charge is 2.32. The Bertz CT molecular complexity index is 541. The van der Waals surface area contributed by atoms with Crippen molar-refractivity contribution in [3.8, 4) is 5.75 Å². The molecule has 0 saturated heterocycles. The van der Waals surface area contributed by atoms with Crippen LogP contribution < -0.4 is 10.1 Å². The van der Waals surface area contributed by atoms with Crippen LogP contribution in [0.1, 0.15) is 31.2 Å². The van der Waals surface area contributed by atoms with Crippen LogP contribution in [0.5, 0.6) is 5.75 Å². The SMILES string of the molecule is CC(=O)[C@H](CNCC1CC1)c1ccc(OC(F)(F)F)c(F)c1. The van der Waals surface area contributed by atoms with Gasteiger partial charge in [-0.3, -0.25) is 4.79 Å². The second-order valence-electron chi connectivity index (χ2n) is 5.50. The fraction of sp³-hybridized carbons (Fsp3) is 0.533. The van der Waals surface area contributed by atoms with Crippen molar-refractivity contribution < 1.29 is 27.1 Å². The maximum atomic E-state index is 13.7. The van der Waals surface area contributed by atoms with Gasteiger partial charge < -0.3 is 10.1 Å². The topological polar surface area (TPSA) is 38.3 Å². The third-order valence-electron chi connectivity index (χ3n) is 3.55. The highest BCUT2D eigenvalue weighted by atomic mass is 19.4. The first kappa shape index (κ1) is 16.7. The number of carbonyl (C=O) groups is 1. The van der Waals surface area contributed by atoms with Gasteiger partial charge in [-0.1, -0.05) is 6.07 Å². The third-order valence-corrected chi connectivity index (χ3v) is 3.55. The highest BCUT2D eigenvalue weighted by molar-refractivity contribution is 5.83. The summed E-state index contributed by atoms with van der Waals surface area (Å²) in [5.41, 5.74) is 0.336. The largest absolute Gasteiger partial charge is 0.573 e. The lowest BCUT2D eigenvalue weighted by molar-refractivity contribution is -0.275. The van der Waals surface area contributed by atoms with Crippen LogP contribution in [0.4, 0.5) is 17.6 Å². The number of ketones is 1. The first-order valence-corrected chi connectivity index (χ1v) is 7.02. The number of hydrogen-bond acceptors (Lipinski definition) is 3. The molecule has 1 N–H and O–H groups in total. The number of halogens is 4. The van der Waals surface area contributed by atoms with Gasteiger partial charge in [-0.15, -0.1) is 13.2 Å². The van der Waals surface area contributed by atoms with E-state index in [2.05, 4.69) is 10.1 Å². The molecule has 0 spiro atoms. The van der Waals surface area contributed by atoms with Gasteiger partial charge in [0, 0.05) is 6.54 Å². The smallest absolute Gasteiger partial charge is 0.403 e. The van der Waals surface area contributed by atoms with Crippen molar-refractivity contribution in [3.63, 3.8) is 0 Å². The zero-order valence-corrected chi connectivity index (χ0v) is 12.0. The Morgan fingerprint density at radius 3 is 2.59 bits per heavy atom. The molecule has 0 bridgehead atoms. The molecule has 0 unspecified atom stereocenters.